The number of hydrogen-bond donors (Lipinski definition) is 0. The molecule has 0 bridgehead atoms. The summed E-state index contributed by atoms with van der Waals surface area (Å²) in [5.41, 5.74) is 2.52. The van der Waals surface area contributed by atoms with Gasteiger partial charge in [0.25, 0.3) is 0 Å². The first kappa shape index (κ1) is 20.9. The Morgan fingerprint density at radius 1 is 1.29 bits per heavy atom. The van der Waals surface area contributed by atoms with Crippen LogP contribution in [0.15, 0.2) is 23.3 Å². The van der Waals surface area contributed by atoms with E-state index in [1.54, 1.807) is 0 Å². The molecule has 0 N–H and O–H groups in total. The van der Waals surface area contributed by atoms with Crippen molar-refractivity contribution in [3.8, 4) is 0 Å². The fourth-order valence-corrected chi connectivity index (χ4v) is 2.87. The molecule has 138 valence electrons. The minimum Gasteiger partial charge on any atom is -0.469 e. The van der Waals surface area contributed by atoms with Gasteiger partial charge in [0.05, 0.1) is 13.0 Å². The Labute approximate surface area is 147 Å². The summed E-state index contributed by atoms with van der Waals surface area (Å²) in [6, 6.07) is 0. The van der Waals surface area contributed by atoms with Gasteiger partial charge in [0.1, 0.15) is 11.7 Å². The lowest BCUT2D eigenvalue weighted by molar-refractivity contribution is -0.411. The Morgan fingerprint density at radius 3 is 2.54 bits per heavy atom. The maximum atomic E-state index is 11.6. The van der Waals surface area contributed by atoms with Gasteiger partial charge in [0, 0.05) is 0 Å². The predicted molar refractivity (Wildman–Crippen MR) is 96.4 cm³/mol. The lowest BCUT2D eigenvalue weighted by Gasteiger charge is -2.37. The average Bonchev–Trinajstić information content (AvgIpc) is 2.53. The van der Waals surface area contributed by atoms with Gasteiger partial charge in [0.2, 0.25) is 0 Å². The maximum Gasteiger partial charge on any atom is 0.311 e. The van der Waals surface area contributed by atoms with E-state index in [1.807, 2.05) is 6.92 Å². The molecule has 0 aliphatic carbocycles. The molecule has 0 spiro atoms. The van der Waals surface area contributed by atoms with Crippen molar-refractivity contribution in [1.82, 2.24) is 0 Å². The number of esters is 1. The molecule has 1 saturated heterocycles. The fraction of sp³-hybridized carbons (Fsp3) is 0.750. The van der Waals surface area contributed by atoms with Crippen molar-refractivity contribution in [3.05, 3.63) is 23.3 Å². The first-order chi connectivity index (χ1) is 11.3. The molecule has 1 aliphatic rings. The van der Waals surface area contributed by atoms with Crippen LogP contribution in [0.1, 0.15) is 73.1 Å². The minimum absolute atomic E-state index is 0.216. The molecule has 24 heavy (non-hydrogen) atoms. The Bertz CT molecular complexity index is 452. The highest BCUT2D eigenvalue weighted by molar-refractivity contribution is 5.72. The molecular formula is C20H34O4. The van der Waals surface area contributed by atoms with Crippen LogP contribution in [0.2, 0.25) is 0 Å². The second-order valence-electron chi connectivity index (χ2n) is 7.43. The normalized spacial score (nSPS) is 25.9. The number of hydrogen-bond acceptors (Lipinski definition) is 4. The lowest BCUT2D eigenvalue weighted by atomic mass is 9.88. The largest absolute Gasteiger partial charge is 0.469 e. The molecule has 1 rings (SSSR count). The van der Waals surface area contributed by atoms with Crippen LogP contribution in [0.25, 0.3) is 0 Å². The van der Waals surface area contributed by atoms with Crippen molar-refractivity contribution in [2.45, 2.75) is 84.8 Å². The monoisotopic (exact) mass is 338 g/mol. The number of rotatable bonds is 8. The maximum absolute atomic E-state index is 11.6. The molecular weight excluding hydrogens is 304 g/mol. The van der Waals surface area contributed by atoms with E-state index in [1.165, 1.54) is 18.3 Å². The molecule has 1 aliphatic heterocycles. The molecule has 0 aromatic carbocycles. The van der Waals surface area contributed by atoms with Crippen molar-refractivity contribution in [3.63, 3.8) is 0 Å². The topological polar surface area (TPSA) is 44.8 Å². The van der Waals surface area contributed by atoms with Gasteiger partial charge in [-0.25, -0.2) is 9.78 Å². The summed E-state index contributed by atoms with van der Waals surface area (Å²) >= 11 is 0. The molecule has 1 fully saturated rings. The number of allylic oxidation sites excluding steroid dienone is 4. The third-order valence-corrected chi connectivity index (χ3v) is 4.72. The van der Waals surface area contributed by atoms with E-state index in [4.69, 9.17) is 14.5 Å². The summed E-state index contributed by atoms with van der Waals surface area (Å²) in [7, 11) is 1.40. The van der Waals surface area contributed by atoms with Gasteiger partial charge in [-0.15, -0.1) is 0 Å². The third-order valence-electron chi connectivity index (χ3n) is 4.72. The molecule has 0 aromatic rings. The molecule has 1 heterocycles. The Hall–Kier alpha value is -1.13. The van der Waals surface area contributed by atoms with E-state index in [-0.39, 0.29) is 23.6 Å². The minimum atomic E-state index is -0.295. The second-order valence-corrected chi connectivity index (χ2v) is 7.43. The van der Waals surface area contributed by atoms with Gasteiger partial charge >= 0.3 is 5.97 Å². The van der Waals surface area contributed by atoms with Gasteiger partial charge in [-0.05, 0) is 73.1 Å². The molecule has 0 amide bonds. The molecule has 4 heteroatoms. The van der Waals surface area contributed by atoms with Crippen molar-refractivity contribution in [2.75, 3.05) is 7.11 Å². The Morgan fingerprint density at radius 2 is 2.00 bits per heavy atom. The highest BCUT2D eigenvalue weighted by Crippen LogP contribution is 2.33. The van der Waals surface area contributed by atoms with Crippen molar-refractivity contribution in [1.29, 1.82) is 0 Å². The van der Waals surface area contributed by atoms with Gasteiger partial charge in [-0.3, -0.25) is 4.79 Å². The van der Waals surface area contributed by atoms with Crippen LogP contribution in [0, 0.1) is 5.92 Å². The van der Waals surface area contributed by atoms with Gasteiger partial charge < -0.3 is 4.74 Å². The molecule has 0 saturated carbocycles. The smallest absolute Gasteiger partial charge is 0.311 e. The fourth-order valence-electron chi connectivity index (χ4n) is 2.87. The lowest BCUT2D eigenvalue weighted by Crippen LogP contribution is -2.41. The van der Waals surface area contributed by atoms with Gasteiger partial charge in [-0.2, -0.15) is 0 Å². The quantitative estimate of drug-likeness (QED) is 0.349. The van der Waals surface area contributed by atoms with E-state index in [0.717, 1.165) is 38.5 Å². The van der Waals surface area contributed by atoms with Crippen molar-refractivity contribution < 1.29 is 19.3 Å². The summed E-state index contributed by atoms with van der Waals surface area (Å²) in [4.78, 5) is 22.7. The zero-order valence-electron chi connectivity index (χ0n) is 16.2. The summed E-state index contributed by atoms with van der Waals surface area (Å²) in [6.07, 6.45) is 10.2. The molecule has 0 radical (unpaired) electrons. The molecule has 0 unspecified atom stereocenters. The number of ether oxygens (including phenoxy) is 1. The van der Waals surface area contributed by atoms with Crippen LogP contribution in [-0.4, -0.2) is 24.8 Å². The molecule has 4 nitrogen and oxygen atoms in total. The average molecular weight is 338 g/mol. The Kier molecular flexibility index (Phi) is 8.71. The Balaban J connectivity index is 2.36. The van der Waals surface area contributed by atoms with Crippen LogP contribution in [-0.2, 0) is 19.3 Å². The van der Waals surface area contributed by atoms with Crippen LogP contribution in [0.4, 0.5) is 0 Å². The third kappa shape index (κ3) is 7.18. The van der Waals surface area contributed by atoms with Crippen molar-refractivity contribution >= 4 is 5.97 Å². The molecule has 3 atom stereocenters. The molecule has 0 aromatic heterocycles. The number of carbonyl (C=O) groups is 1. The highest BCUT2D eigenvalue weighted by atomic mass is 17.2. The summed E-state index contributed by atoms with van der Waals surface area (Å²) < 4.78 is 4.77. The second kappa shape index (κ2) is 10.00. The number of methoxy groups -OCH3 is 1. The van der Waals surface area contributed by atoms with Crippen LogP contribution in [0.5, 0.6) is 0 Å². The van der Waals surface area contributed by atoms with E-state index in [2.05, 4.69) is 39.8 Å². The van der Waals surface area contributed by atoms with Gasteiger partial charge in [0.15, 0.2) is 0 Å². The van der Waals surface area contributed by atoms with Crippen LogP contribution >= 0.6 is 0 Å². The van der Waals surface area contributed by atoms with E-state index < -0.39 is 0 Å². The highest BCUT2D eigenvalue weighted by Gasteiger charge is 2.37. The predicted octanol–water partition coefficient (Wildman–Crippen LogP) is 5.14. The standard InChI is InChI=1S/C20H34O4/c1-15(2)9-7-10-16(3)11-8-13-20(5)14-12-18(23-24-20)17(4)19(21)22-6/h9,11,17-18H,7-8,10,12-14H2,1-6H3/b16-11+/t17-,18+,20-/m0/s1. The van der Waals surface area contributed by atoms with E-state index in [0.29, 0.717) is 0 Å². The van der Waals surface area contributed by atoms with Crippen LogP contribution in [0.3, 0.4) is 0 Å². The zero-order valence-corrected chi connectivity index (χ0v) is 16.2. The van der Waals surface area contributed by atoms with Crippen molar-refractivity contribution in [2.24, 2.45) is 5.92 Å². The SMILES string of the molecule is COC(=O)[C@@H](C)[C@H]1CC[C@](C)(CC/C=C(\C)CCC=C(C)C)OO1. The first-order valence-electron chi connectivity index (χ1n) is 8.99. The van der Waals surface area contributed by atoms with E-state index in [9.17, 15) is 4.79 Å². The zero-order chi connectivity index (χ0) is 18.2. The summed E-state index contributed by atoms with van der Waals surface area (Å²) in [5, 5.41) is 0. The first-order valence-corrected chi connectivity index (χ1v) is 8.99. The summed E-state index contributed by atoms with van der Waals surface area (Å²) in [6.45, 7) is 10.4. The summed E-state index contributed by atoms with van der Waals surface area (Å²) in [5.74, 6) is -0.543. The van der Waals surface area contributed by atoms with E-state index >= 15 is 0 Å². The van der Waals surface area contributed by atoms with Gasteiger partial charge in [-0.1, -0.05) is 23.3 Å². The van der Waals surface area contributed by atoms with Crippen LogP contribution < -0.4 is 0 Å². The number of carbonyl (C=O) groups excluding carboxylic acids is 1.